The maximum Gasteiger partial charge on any atom is 0.123 e. The summed E-state index contributed by atoms with van der Waals surface area (Å²) in [5.41, 5.74) is 7.05. The number of halogens is 1. The van der Waals surface area contributed by atoms with Gasteiger partial charge in [0.05, 0.1) is 5.69 Å². The minimum absolute atomic E-state index is 0.210. The average molecular weight is 349 g/mol. The molecule has 1 aromatic carbocycles. The lowest BCUT2D eigenvalue weighted by Crippen LogP contribution is -2.29. The molecule has 26 heavy (non-hydrogen) atoms. The zero-order chi connectivity index (χ0) is 18.1. The number of pyridine rings is 1. The van der Waals surface area contributed by atoms with Crippen LogP contribution in [0.5, 0.6) is 0 Å². The van der Waals surface area contributed by atoms with E-state index in [0.29, 0.717) is 5.92 Å². The monoisotopic (exact) mass is 349 g/mol. The van der Waals surface area contributed by atoms with Gasteiger partial charge in [-0.1, -0.05) is 0 Å². The summed E-state index contributed by atoms with van der Waals surface area (Å²) in [6, 6.07) is 10.8. The lowest BCUT2D eigenvalue weighted by atomic mass is 9.90. The molecule has 0 atom stereocenters. The number of aromatic amines is 1. The van der Waals surface area contributed by atoms with E-state index in [1.54, 1.807) is 0 Å². The summed E-state index contributed by atoms with van der Waals surface area (Å²) in [6.07, 6.45) is 5.98. The molecule has 0 unspecified atom stereocenters. The summed E-state index contributed by atoms with van der Waals surface area (Å²) in [5.74, 6) is 0.332. The molecule has 0 radical (unpaired) electrons. The maximum absolute atomic E-state index is 13.4. The highest BCUT2D eigenvalue weighted by Gasteiger charge is 2.25. The van der Waals surface area contributed by atoms with Crippen molar-refractivity contribution in [2.24, 2.45) is 0 Å². The lowest BCUT2D eigenvalue weighted by Gasteiger charge is -2.29. The Morgan fingerprint density at radius 3 is 2.31 bits per heavy atom. The molecule has 1 N–H and O–H groups in total. The second-order valence-corrected chi connectivity index (χ2v) is 7.23. The number of hydrogen-bond donors (Lipinski definition) is 1. The van der Waals surface area contributed by atoms with E-state index in [0.717, 1.165) is 42.8 Å². The van der Waals surface area contributed by atoms with E-state index in [1.807, 2.05) is 36.7 Å². The van der Waals surface area contributed by atoms with Crippen molar-refractivity contribution in [3.63, 3.8) is 0 Å². The molecule has 0 amide bonds. The molecule has 0 bridgehead atoms. The Labute approximate surface area is 153 Å². The van der Waals surface area contributed by atoms with Crippen molar-refractivity contribution in [1.29, 1.82) is 0 Å². The van der Waals surface area contributed by atoms with Crippen molar-refractivity contribution in [3.05, 3.63) is 65.9 Å². The maximum atomic E-state index is 13.4. The zero-order valence-corrected chi connectivity index (χ0v) is 15.3. The third-order valence-electron chi connectivity index (χ3n) is 5.52. The van der Waals surface area contributed by atoms with Crippen molar-refractivity contribution in [2.75, 3.05) is 20.1 Å². The van der Waals surface area contributed by atoms with Gasteiger partial charge in [-0.05, 0) is 93.0 Å². The van der Waals surface area contributed by atoms with Crippen LogP contribution in [0.4, 0.5) is 4.39 Å². The number of benzene rings is 1. The molecule has 3 heterocycles. The van der Waals surface area contributed by atoms with E-state index in [4.69, 9.17) is 0 Å². The number of piperidine rings is 1. The smallest absolute Gasteiger partial charge is 0.123 e. The first kappa shape index (κ1) is 17.0. The molecule has 0 aliphatic carbocycles. The predicted octanol–water partition coefficient (Wildman–Crippen LogP) is 5.00. The minimum atomic E-state index is -0.210. The summed E-state index contributed by atoms with van der Waals surface area (Å²) in [6.45, 7) is 4.45. The Morgan fingerprint density at radius 2 is 1.65 bits per heavy atom. The number of nitrogens with one attached hydrogen (secondary N) is 1. The normalized spacial score (nSPS) is 16.1. The van der Waals surface area contributed by atoms with Crippen LogP contribution in [0, 0.1) is 12.7 Å². The topological polar surface area (TPSA) is 31.9 Å². The van der Waals surface area contributed by atoms with Gasteiger partial charge in [0.15, 0.2) is 0 Å². The van der Waals surface area contributed by atoms with Crippen LogP contribution in [0.2, 0.25) is 0 Å². The van der Waals surface area contributed by atoms with Crippen LogP contribution in [0.15, 0.2) is 48.8 Å². The van der Waals surface area contributed by atoms with Gasteiger partial charge in [-0.2, -0.15) is 0 Å². The van der Waals surface area contributed by atoms with Gasteiger partial charge in [-0.25, -0.2) is 4.39 Å². The van der Waals surface area contributed by atoms with Crippen LogP contribution in [-0.4, -0.2) is 35.0 Å². The molecule has 1 saturated heterocycles. The number of H-pyrrole nitrogens is 1. The first-order chi connectivity index (χ1) is 12.6. The Balaban J connectivity index is 1.83. The molecule has 4 rings (SSSR count). The Morgan fingerprint density at radius 1 is 1.00 bits per heavy atom. The van der Waals surface area contributed by atoms with Crippen LogP contribution in [0.1, 0.15) is 30.0 Å². The molecule has 134 valence electrons. The van der Waals surface area contributed by atoms with E-state index < -0.39 is 0 Å². The zero-order valence-electron chi connectivity index (χ0n) is 15.3. The second kappa shape index (κ2) is 7.04. The average Bonchev–Trinajstić information content (AvgIpc) is 3.01. The van der Waals surface area contributed by atoms with Gasteiger partial charge in [0.1, 0.15) is 5.82 Å². The first-order valence-corrected chi connectivity index (χ1v) is 9.21. The van der Waals surface area contributed by atoms with E-state index in [9.17, 15) is 4.39 Å². The number of aromatic nitrogens is 2. The van der Waals surface area contributed by atoms with E-state index in [2.05, 4.69) is 28.8 Å². The summed E-state index contributed by atoms with van der Waals surface area (Å²) < 4.78 is 13.4. The van der Waals surface area contributed by atoms with Crippen LogP contribution >= 0.6 is 0 Å². The van der Waals surface area contributed by atoms with Crippen molar-refractivity contribution >= 4 is 0 Å². The Hall–Kier alpha value is -2.46. The van der Waals surface area contributed by atoms with Gasteiger partial charge < -0.3 is 9.88 Å². The molecule has 3 nitrogen and oxygen atoms in total. The third-order valence-corrected chi connectivity index (χ3v) is 5.52. The van der Waals surface area contributed by atoms with Gasteiger partial charge in [-0.15, -0.1) is 0 Å². The third kappa shape index (κ3) is 3.17. The van der Waals surface area contributed by atoms with Gasteiger partial charge >= 0.3 is 0 Å². The molecule has 1 aliphatic rings. The Bertz CT molecular complexity index is 876. The number of rotatable bonds is 3. The van der Waals surface area contributed by atoms with Crippen LogP contribution in [-0.2, 0) is 0 Å². The standard InChI is InChI=1S/C22H24FN3/c1-15-20(16-7-11-24-12-8-16)22(17-3-5-19(23)6-4-17)25-21(15)18-9-13-26(2)14-10-18/h3-8,11-12,18,25H,9-10,13-14H2,1-2H3. The van der Waals surface area contributed by atoms with Crippen molar-refractivity contribution in [1.82, 2.24) is 14.9 Å². The van der Waals surface area contributed by atoms with Crippen molar-refractivity contribution in [2.45, 2.75) is 25.7 Å². The highest BCUT2D eigenvalue weighted by atomic mass is 19.1. The largest absolute Gasteiger partial charge is 0.357 e. The molecule has 2 aromatic heterocycles. The Kier molecular flexibility index (Phi) is 4.60. The molecule has 0 spiro atoms. The van der Waals surface area contributed by atoms with Crippen LogP contribution in [0.3, 0.4) is 0 Å². The second-order valence-electron chi connectivity index (χ2n) is 7.23. The molecule has 4 heteroatoms. The lowest BCUT2D eigenvalue weighted by molar-refractivity contribution is 0.253. The van der Waals surface area contributed by atoms with Crippen molar-refractivity contribution < 1.29 is 4.39 Å². The molecule has 1 fully saturated rings. The minimum Gasteiger partial charge on any atom is -0.357 e. The van der Waals surface area contributed by atoms with Gasteiger partial charge in [-0.3, -0.25) is 4.98 Å². The number of hydrogen-bond acceptors (Lipinski definition) is 2. The predicted molar refractivity (Wildman–Crippen MR) is 104 cm³/mol. The molecular formula is C22H24FN3. The fraction of sp³-hybridized carbons (Fsp3) is 0.318. The SMILES string of the molecule is Cc1c(C2CCN(C)CC2)[nH]c(-c2ccc(F)cc2)c1-c1ccncc1. The number of likely N-dealkylation sites (tertiary alicyclic amines) is 1. The van der Waals surface area contributed by atoms with Gasteiger partial charge in [0.25, 0.3) is 0 Å². The highest BCUT2D eigenvalue weighted by Crippen LogP contribution is 2.40. The summed E-state index contributed by atoms with van der Waals surface area (Å²) >= 11 is 0. The molecule has 1 aliphatic heterocycles. The van der Waals surface area contributed by atoms with Crippen LogP contribution in [0.25, 0.3) is 22.4 Å². The fourth-order valence-corrected chi connectivity index (χ4v) is 4.03. The molecular weight excluding hydrogens is 325 g/mol. The summed E-state index contributed by atoms with van der Waals surface area (Å²) in [4.78, 5) is 10.3. The van der Waals surface area contributed by atoms with Gasteiger partial charge in [0.2, 0.25) is 0 Å². The van der Waals surface area contributed by atoms with Crippen LogP contribution < -0.4 is 0 Å². The van der Waals surface area contributed by atoms with Gasteiger partial charge in [0, 0.05) is 29.6 Å². The summed E-state index contributed by atoms with van der Waals surface area (Å²) in [7, 11) is 2.18. The first-order valence-electron chi connectivity index (χ1n) is 9.21. The molecule has 0 saturated carbocycles. The van der Waals surface area contributed by atoms with Crippen molar-refractivity contribution in [3.8, 4) is 22.4 Å². The fourth-order valence-electron chi connectivity index (χ4n) is 4.03. The summed E-state index contributed by atoms with van der Waals surface area (Å²) in [5, 5.41) is 0. The van der Waals surface area contributed by atoms with E-state index >= 15 is 0 Å². The van der Waals surface area contributed by atoms with E-state index in [1.165, 1.54) is 29.0 Å². The van der Waals surface area contributed by atoms with E-state index in [-0.39, 0.29) is 5.82 Å². The molecule has 3 aromatic rings. The quantitative estimate of drug-likeness (QED) is 0.721. The highest BCUT2D eigenvalue weighted by molar-refractivity contribution is 5.84. The number of nitrogens with zero attached hydrogens (tertiary/aromatic N) is 2.